The zero-order chi connectivity index (χ0) is 17.7. The van der Waals surface area contributed by atoms with E-state index < -0.39 is 5.97 Å². The van der Waals surface area contributed by atoms with Crippen LogP contribution < -0.4 is 10.1 Å². The lowest BCUT2D eigenvalue weighted by Gasteiger charge is -2.11. The van der Waals surface area contributed by atoms with Crippen LogP contribution in [0.3, 0.4) is 0 Å². The Hall–Kier alpha value is -2.53. The van der Waals surface area contributed by atoms with E-state index in [-0.39, 0.29) is 23.1 Å². The standard InChI is InChI=1S/C18H18ClNO4/c1-11-5-4-6-16(12(11)2)24-10-17(21)20-13-7-8-15(19)14(9-13)18(22)23-3/h4-9H,10H2,1-3H3,(H,20,21). The molecule has 0 spiro atoms. The summed E-state index contributed by atoms with van der Waals surface area (Å²) in [4.78, 5) is 23.6. The Balaban J connectivity index is 2.02. The molecule has 0 aliphatic carbocycles. The fourth-order valence-corrected chi connectivity index (χ4v) is 2.29. The third-order valence-corrected chi connectivity index (χ3v) is 3.90. The highest BCUT2D eigenvalue weighted by atomic mass is 35.5. The zero-order valence-electron chi connectivity index (χ0n) is 13.7. The molecular weight excluding hydrogens is 330 g/mol. The van der Waals surface area contributed by atoms with Crippen LogP contribution >= 0.6 is 11.6 Å². The number of rotatable bonds is 5. The van der Waals surface area contributed by atoms with E-state index in [1.54, 1.807) is 6.07 Å². The maximum Gasteiger partial charge on any atom is 0.339 e. The molecule has 1 amide bonds. The second-order valence-corrected chi connectivity index (χ2v) is 5.63. The number of anilines is 1. The van der Waals surface area contributed by atoms with Gasteiger partial charge in [-0.2, -0.15) is 0 Å². The summed E-state index contributed by atoms with van der Waals surface area (Å²) in [6, 6.07) is 10.2. The number of hydrogen-bond acceptors (Lipinski definition) is 4. The molecule has 5 nitrogen and oxygen atoms in total. The minimum Gasteiger partial charge on any atom is -0.483 e. The third-order valence-electron chi connectivity index (χ3n) is 3.57. The molecule has 0 atom stereocenters. The second-order valence-electron chi connectivity index (χ2n) is 5.22. The van der Waals surface area contributed by atoms with Crippen LogP contribution in [-0.4, -0.2) is 25.6 Å². The van der Waals surface area contributed by atoms with Crippen LogP contribution in [0.2, 0.25) is 5.02 Å². The maximum atomic E-state index is 12.0. The van der Waals surface area contributed by atoms with Gasteiger partial charge in [-0.05, 0) is 49.2 Å². The van der Waals surface area contributed by atoms with E-state index in [1.165, 1.54) is 19.2 Å². The highest BCUT2D eigenvalue weighted by Gasteiger charge is 2.13. The highest BCUT2D eigenvalue weighted by Crippen LogP contribution is 2.22. The number of amides is 1. The molecule has 0 aliphatic heterocycles. The molecule has 0 unspecified atom stereocenters. The van der Waals surface area contributed by atoms with Crippen molar-refractivity contribution in [2.45, 2.75) is 13.8 Å². The van der Waals surface area contributed by atoms with Gasteiger partial charge in [0.25, 0.3) is 5.91 Å². The molecule has 126 valence electrons. The number of hydrogen-bond donors (Lipinski definition) is 1. The van der Waals surface area contributed by atoms with Gasteiger partial charge in [0.15, 0.2) is 6.61 Å². The third kappa shape index (κ3) is 4.26. The first-order valence-electron chi connectivity index (χ1n) is 7.29. The van der Waals surface area contributed by atoms with Gasteiger partial charge in [-0.25, -0.2) is 4.79 Å². The van der Waals surface area contributed by atoms with Crippen molar-refractivity contribution in [1.29, 1.82) is 0 Å². The van der Waals surface area contributed by atoms with Gasteiger partial charge in [0.2, 0.25) is 0 Å². The van der Waals surface area contributed by atoms with Gasteiger partial charge in [-0.3, -0.25) is 4.79 Å². The van der Waals surface area contributed by atoms with Crippen LogP contribution in [0.5, 0.6) is 5.75 Å². The highest BCUT2D eigenvalue weighted by molar-refractivity contribution is 6.33. The van der Waals surface area contributed by atoms with Crippen molar-refractivity contribution in [3.63, 3.8) is 0 Å². The summed E-state index contributed by atoms with van der Waals surface area (Å²) in [7, 11) is 1.27. The van der Waals surface area contributed by atoms with E-state index in [4.69, 9.17) is 16.3 Å². The Labute approximate surface area is 145 Å². The summed E-state index contributed by atoms with van der Waals surface area (Å²) in [6.45, 7) is 3.77. The molecule has 24 heavy (non-hydrogen) atoms. The largest absolute Gasteiger partial charge is 0.483 e. The van der Waals surface area contributed by atoms with Gasteiger partial charge in [-0.15, -0.1) is 0 Å². The van der Waals surface area contributed by atoms with Crippen molar-refractivity contribution in [1.82, 2.24) is 0 Å². The van der Waals surface area contributed by atoms with E-state index in [2.05, 4.69) is 10.1 Å². The van der Waals surface area contributed by atoms with Crippen LogP contribution in [-0.2, 0) is 9.53 Å². The van der Waals surface area contributed by atoms with Crippen molar-refractivity contribution >= 4 is 29.2 Å². The summed E-state index contributed by atoms with van der Waals surface area (Å²) in [6.07, 6.45) is 0. The van der Waals surface area contributed by atoms with Crippen molar-refractivity contribution in [2.24, 2.45) is 0 Å². The summed E-state index contributed by atoms with van der Waals surface area (Å²) in [5, 5.41) is 2.92. The normalized spacial score (nSPS) is 10.2. The molecule has 1 N–H and O–H groups in total. The van der Waals surface area contributed by atoms with Crippen molar-refractivity contribution in [3.05, 3.63) is 58.1 Å². The van der Waals surface area contributed by atoms with Gasteiger partial charge in [-0.1, -0.05) is 23.7 Å². The number of esters is 1. The molecule has 2 aromatic carbocycles. The van der Waals surface area contributed by atoms with Gasteiger partial charge in [0.1, 0.15) is 5.75 Å². The van der Waals surface area contributed by atoms with Gasteiger partial charge in [0.05, 0.1) is 17.7 Å². The van der Waals surface area contributed by atoms with E-state index >= 15 is 0 Å². The quantitative estimate of drug-likeness (QED) is 0.836. The molecule has 0 aromatic heterocycles. The fraction of sp³-hybridized carbons (Fsp3) is 0.222. The molecule has 0 fully saturated rings. The molecule has 0 radical (unpaired) electrons. The molecule has 0 aliphatic rings. The van der Waals surface area contributed by atoms with Crippen molar-refractivity contribution in [2.75, 3.05) is 19.0 Å². The predicted molar refractivity (Wildman–Crippen MR) is 92.8 cm³/mol. The lowest BCUT2D eigenvalue weighted by molar-refractivity contribution is -0.118. The Bertz CT molecular complexity index is 774. The number of halogens is 1. The fourth-order valence-electron chi connectivity index (χ4n) is 2.09. The first-order valence-corrected chi connectivity index (χ1v) is 7.67. The average Bonchev–Trinajstić information content (AvgIpc) is 2.57. The van der Waals surface area contributed by atoms with Crippen LogP contribution in [0.15, 0.2) is 36.4 Å². The Morgan fingerprint density at radius 1 is 1.17 bits per heavy atom. The topological polar surface area (TPSA) is 64.6 Å². The predicted octanol–water partition coefficient (Wildman–Crippen LogP) is 3.76. The lowest BCUT2D eigenvalue weighted by Crippen LogP contribution is -2.20. The molecular formula is C18H18ClNO4. The number of carbonyl (C=O) groups is 2. The minimum absolute atomic E-state index is 0.138. The minimum atomic E-state index is -0.567. The molecule has 2 rings (SSSR count). The second kappa shape index (κ2) is 7.84. The molecule has 0 heterocycles. The summed E-state index contributed by atoms with van der Waals surface area (Å²) in [5.41, 5.74) is 2.71. The number of methoxy groups -OCH3 is 1. The smallest absolute Gasteiger partial charge is 0.339 e. The summed E-state index contributed by atoms with van der Waals surface area (Å²) < 4.78 is 10.2. The first kappa shape index (κ1) is 17.8. The molecule has 2 aromatic rings. The zero-order valence-corrected chi connectivity index (χ0v) is 14.4. The first-order chi connectivity index (χ1) is 11.4. The summed E-state index contributed by atoms with van der Waals surface area (Å²) >= 11 is 5.94. The van der Waals surface area contributed by atoms with Gasteiger partial charge >= 0.3 is 5.97 Å². The number of ether oxygens (including phenoxy) is 2. The van der Waals surface area contributed by atoms with E-state index in [1.807, 2.05) is 32.0 Å². The van der Waals surface area contributed by atoms with Crippen molar-refractivity contribution in [3.8, 4) is 5.75 Å². The molecule has 0 bridgehead atoms. The van der Waals surface area contributed by atoms with Crippen LogP contribution in [0.4, 0.5) is 5.69 Å². The van der Waals surface area contributed by atoms with E-state index in [0.717, 1.165) is 11.1 Å². The molecule has 0 saturated heterocycles. The molecule has 6 heteroatoms. The average molecular weight is 348 g/mol. The van der Waals surface area contributed by atoms with E-state index in [0.29, 0.717) is 11.4 Å². The van der Waals surface area contributed by atoms with Gasteiger partial charge < -0.3 is 14.8 Å². The summed E-state index contributed by atoms with van der Waals surface area (Å²) in [5.74, 6) is -0.242. The number of nitrogens with one attached hydrogen (secondary N) is 1. The van der Waals surface area contributed by atoms with Crippen LogP contribution in [0, 0.1) is 13.8 Å². The Morgan fingerprint density at radius 3 is 2.62 bits per heavy atom. The Morgan fingerprint density at radius 2 is 1.92 bits per heavy atom. The number of benzene rings is 2. The van der Waals surface area contributed by atoms with Gasteiger partial charge in [0, 0.05) is 5.69 Å². The van der Waals surface area contributed by atoms with Crippen LogP contribution in [0.25, 0.3) is 0 Å². The monoisotopic (exact) mass is 347 g/mol. The number of carbonyl (C=O) groups excluding carboxylic acids is 2. The van der Waals surface area contributed by atoms with Crippen molar-refractivity contribution < 1.29 is 19.1 Å². The Kier molecular flexibility index (Phi) is 5.82. The molecule has 0 saturated carbocycles. The SMILES string of the molecule is COC(=O)c1cc(NC(=O)COc2cccc(C)c2C)ccc1Cl. The lowest BCUT2D eigenvalue weighted by atomic mass is 10.1. The van der Waals surface area contributed by atoms with Crippen LogP contribution in [0.1, 0.15) is 21.5 Å². The maximum absolute atomic E-state index is 12.0. The number of aryl methyl sites for hydroxylation is 1. The van der Waals surface area contributed by atoms with E-state index in [9.17, 15) is 9.59 Å².